The minimum atomic E-state index is 0.875. The fraction of sp³-hybridized carbons (Fsp3) is 0.818. The van der Waals surface area contributed by atoms with E-state index in [0.717, 1.165) is 24.3 Å². The van der Waals surface area contributed by atoms with Gasteiger partial charge < -0.3 is 5.32 Å². The summed E-state index contributed by atoms with van der Waals surface area (Å²) in [6, 6.07) is 0. The van der Waals surface area contributed by atoms with Crippen molar-refractivity contribution < 1.29 is 0 Å². The van der Waals surface area contributed by atoms with E-state index in [4.69, 9.17) is 0 Å². The highest BCUT2D eigenvalue weighted by molar-refractivity contribution is 9.09. The number of alkyl halides is 1. The lowest BCUT2D eigenvalue weighted by molar-refractivity contribution is 0.419. The second-order valence-electron chi connectivity index (χ2n) is 3.72. The van der Waals surface area contributed by atoms with Gasteiger partial charge in [0.1, 0.15) is 0 Å². The van der Waals surface area contributed by atoms with Gasteiger partial charge in [0.15, 0.2) is 0 Å². The van der Waals surface area contributed by atoms with Crippen LogP contribution in [0.2, 0.25) is 0 Å². The lowest BCUT2D eigenvalue weighted by Crippen LogP contribution is -2.16. The Morgan fingerprint density at radius 2 is 2.00 bits per heavy atom. The molecule has 0 aromatic rings. The van der Waals surface area contributed by atoms with Gasteiger partial charge in [0, 0.05) is 18.4 Å². The van der Waals surface area contributed by atoms with Crippen molar-refractivity contribution in [3.05, 3.63) is 12.2 Å². The summed E-state index contributed by atoms with van der Waals surface area (Å²) in [6.45, 7) is 2.09. The standard InChI is InChI=1S/C11H20BrN/c12-8-10-13-9-4-7-11-5-2-1-3-6-11/h4,7,11,13H,1-3,5-6,8-10H2/b7-4+. The van der Waals surface area contributed by atoms with Gasteiger partial charge in [-0.1, -0.05) is 47.3 Å². The van der Waals surface area contributed by atoms with Gasteiger partial charge in [-0.25, -0.2) is 0 Å². The third kappa shape index (κ3) is 5.48. The number of hydrogen-bond acceptors (Lipinski definition) is 1. The maximum Gasteiger partial charge on any atom is 0.0157 e. The molecule has 1 saturated carbocycles. The van der Waals surface area contributed by atoms with E-state index in [-0.39, 0.29) is 0 Å². The summed E-state index contributed by atoms with van der Waals surface area (Å²) in [6.07, 6.45) is 11.8. The Bertz CT molecular complexity index is 139. The average molecular weight is 246 g/mol. The zero-order valence-electron chi connectivity index (χ0n) is 8.27. The first kappa shape index (κ1) is 11.3. The summed E-state index contributed by atoms with van der Waals surface area (Å²) in [4.78, 5) is 0. The van der Waals surface area contributed by atoms with E-state index in [1.54, 1.807) is 0 Å². The molecule has 0 aliphatic heterocycles. The quantitative estimate of drug-likeness (QED) is 0.446. The normalized spacial score (nSPS) is 19.8. The van der Waals surface area contributed by atoms with Crippen molar-refractivity contribution in [1.29, 1.82) is 0 Å². The molecule has 0 radical (unpaired) electrons. The molecule has 1 fully saturated rings. The maximum absolute atomic E-state index is 3.39. The first-order valence-electron chi connectivity index (χ1n) is 5.37. The highest BCUT2D eigenvalue weighted by atomic mass is 79.9. The van der Waals surface area contributed by atoms with Gasteiger partial charge >= 0.3 is 0 Å². The summed E-state index contributed by atoms with van der Waals surface area (Å²) in [5.41, 5.74) is 0. The largest absolute Gasteiger partial charge is 0.312 e. The van der Waals surface area contributed by atoms with E-state index < -0.39 is 0 Å². The van der Waals surface area contributed by atoms with Crippen molar-refractivity contribution in [3.8, 4) is 0 Å². The van der Waals surface area contributed by atoms with Crippen LogP contribution in [0.1, 0.15) is 32.1 Å². The van der Waals surface area contributed by atoms with Gasteiger partial charge in [-0.3, -0.25) is 0 Å². The Morgan fingerprint density at radius 1 is 1.23 bits per heavy atom. The van der Waals surface area contributed by atoms with Crippen LogP contribution in [-0.4, -0.2) is 18.4 Å². The summed E-state index contributed by atoms with van der Waals surface area (Å²) in [5, 5.41) is 4.39. The highest BCUT2D eigenvalue weighted by Gasteiger charge is 2.08. The minimum Gasteiger partial charge on any atom is -0.312 e. The summed E-state index contributed by atoms with van der Waals surface area (Å²) in [5.74, 6) is 0.875. The Morgan fingerprint density at radius 3 is 2.69 bits per heavy atom. The van der Waals surface area contributed by atoms with E-state index >= 15 is 0 Å². The molecule has 1 rings (SSSR count). The molecule has 1 aliphatic rings. The van der Waals surface area contributed by atoms with Crippen LogP contribution in [0.3, 0.4) is 0 Å². The Kier molecular flexibility index (Phi) is 6.56. The molecule has 13 heavy (non-hydrogen) atoms. The van der Waals surface area contributed by atoms with E-state index in [1.165, 1.54) is 32.1 Å². The van der Waals surface area contributed by atoms with Crippen LogP contribution in [-0.2, 0) is 0 Å². The molecule has 0 bridgehead atoms. The molecule has 0 saturated heterocycles. The van der Waals surface area contributed by atoms with Crippen LogP contribution in [0.25, 0.3) is 0 Å². The second-order valence-corrected chi connectivity index (χ2v) is 4.51. The predicted octanol–water partition coefficient (Wildman–Crippen LogP) is 3.11. The molecule has 2 heteroatoms. The van der Waals surface area contributed by atoms with Crippen LogP contribution < -0.4 is 5.32 Å². The summed E-state index contributed by atoms with van der Waals surface area (Å²) >= 11 is 3.39. The molecule has 0 amide bonds. The van der Waals surface area contributed by atoms with Crippen molar-refractivity contribution in [1.82, 2.24) is 5.32 Å². The topological polar surface area (TPSA) is 12.0 Å². The monoisotopic (exact) mass is 245 g/mol. The lowest BCUT2D eigenvalue weighted by Gasteiger charge is -2.17. The van der Waals surface area contributed by atoms with Crippen LogP contribution in [0.4, 0.5) is 0 Å². The first-order valence-corrected chi connectivity index (χ1v) is 6.49. The van der Waals surface area contributed by atoms with Crippen molar-refractivity contribution in [3.63, 3.8) is 0 Å². The van der Waals surface area contributed by atoms with Crippen molar-refractivity contribution in [2.45, 2.75) is 32.1 Å². The smallest absolute Gasteiger partial charge is 0.0157 e. The van der Waals surface area contributed by atoms with Crippen LogP contribution >= 0.6 is 15.9 Å². The maximum atomic E-state index is 3.39. The van der Waals surface area contributed by atoms with Crippen molar-refractivity contribution in [2.75, 3.05) is 18.4 Å². The Hall–Kier alpha value is 0.180. The zero-order valence-corrected chi connectivity index (χ0v) is 9.85. The Labute approximate surface area is 90.1 Å². The van der Waals surface area contributed by atoms with E-state index in [2.05, 4.69) is 33.4 Å². The molecular weight excluding hydrogens is 226 g/mol. The van der Waals surface area contributed by atoms with Crippen LogP contribution in [0.15, 0.2) is 12.2 Å². The first-order chi connectivity index (χ1) is 6.43. The van der Waals surface area contributed by atoms with E-state index in [9.17, 15) is 0 Å². The number of rotatable bonds is 5. The number of halogens is 1. The van der Waals surface area contributed by atoms with Gasteiger partial charge in [0.05, 0.1) is 0 Å². The SMILES string of the molecule is BrCCNC/C=C/C1CCCCC1. The molecule has 1 nitrogen and oxygen atoms in total. The molecular formula is C11H20BrN. The molecule has 0 unspecified atom stereocenters. The molecule has 1 aliphatic carbocycles. The fourth-order valence-corrected chi connectivity index (χ4v) is 2.12. The molecule has 0 atom stereocenters. The molecule has 0 aromatic carbocycles. The zero-order chi connectivity index (χ0) is 9.36. The number of nitrogens with one attached hydrogen (secondary N) is 1. The van der Waals surface area contributed by atoms with Gasteiger partial charge in [-0.15, -0.1) is 0 Å². The number of allylic oxidation sites excluding steroid dienone is 1. The molecule has 0 spiro atoms. The minimum absolute atomic E-state index is 0.875. The Balaban J connectivity index is 2.01. The van der Waals surface area contributed by atoms with Crippen molar-refractivity contribution in [2.24, 2.45) is 5.92 Å². The van der Waals surface area contributed by atoms with Gasteiger partial charge in [0.25, 0.3) is 0 Å². The van der Waals surface area contributed by atoms with Crippen LogP contribution in [0.5, 0.6) is 0 Å². The van der Waals surface area contributed by atoms with Crippen molar-refractivity contribution >= 4 is 15.9 Å². The third-order valence-electron chi connectivity index (χ3n) is 2.59. The lowest BCUT2D eigenvalue weighted by atomic mass is 9.89. The average Bonchev–Trinajstić information content (AvgIpc) is 2.19. The summed E-state index contributed by atoms with van der Waals surface area (Å²) < 4.78 is 0. The molecule has 0 heterocycles. The second kappa shape index (κ2) is 7.57. The van der Waals surface area contributed by atoms with Crippen LogP contribution in [0, 0.1) is 5.92 Å². The third-order valence-corrected chi connectivity index (χ3v) is 2.99. The molecule has 76 valence electrons. The van der Waals surface area contributed by atoms with E-state index in [0.29, 0.717) is 0 Å². The fourth-order valence-electron chi connectivity index (χ4n) is 1.84. The highest BCUT2D eigenvalue weighted by Crippen LogP contribution is 2.24. The van der Waals surface area contributed by atoms with Gasteiger partial charge in [0.2, 0.25) is 0 Å². The summed E-state index contributed by atoms with van der Waals surface area (Å²) in [7, 11) is 0. The number of hydrogen-bond donors (Lipinski definition) is 1. The van der Waals surface area contributed by atoms with Gasteiger partial charge in [-0.05, 0) is 18.8 Å². The van der Waals surface area contributed by atoms with Gasteiger partial charge in [-0.2, -0.15) is 0 Å². The van der Waals surface area contributed by atoms with E-state index in [1.807, 2.05) is 0 Å². The predicted molar refractivity (Wildman–Crippen MR) is 62.4 cm³/mol. The molecule has 1 N–H and O–H groups in total. The molecule has 0 aromatic heterocycles.